The van der Waals surface area contributed by atoms with E-state index in [0.29, 0.717) is 6.61 Å². The van der Waals surface area contributed by atoms with Crippen LogP contribution < -0.4 is 4.74 Å². The van der Waals surface area contributed by atoms with Gasteiger partial charge < -0.3 is 14.2 Å². The molecule has 4 nitrogen and oxygen atoms in total. The van der Waals surface area contributed by atoms with E-state index in [-0.39, 0.29) is 6.10 Å². The van der Waals surface area contributed by atoms with Crippen molar-refractivity contribution in [1.29, 1.82) is 0 Å². The van der Waals surface area contributed by atoms with E-state index >= 15 is 0 Å². The van der Waals surface area contributed by atoms with Gasteiger partial charge in [0.05, 0.1) is 26.0 Å². The van der Waals surface area contributed by atoms with Crippen LogP contribution in [0.15, 0.2) is 6.20 Å². The van der Waals surface area contributed by atoms with Crippen molar-refractivity contribution in [2.45, 2.75) is 19.6 Å². The molecular weight excluding hydrogens is 194 g/mol. The van der Waals surface area contributed by atoms with Gasteiger partial charge >= 0.3 is 0 Å². The van der Waals surface area contributed by atoms with Crippen molar-refractivity contribution in [3.05, 3.63) is 23.0 Å². The second-order valence-electron chi connectivity index (χ2n) is 3.57. The fourth-order valence-corrected chi connectivity index (χ4v) is 1.74. The lowest BCUT2D eigenvalue weighted by Crippen LogP contribution is -2.03. The van der Waals surface area contributed by atoms with Gasteiger partial charge in [-0.25, -0.2) is 0 Å². The second-order valence-corrected chi connectivity index (χ2v) is 3.57. The molecule has 1 aliphatic heterocycles. The summed E-state index contributed by atoms with van der Waals surface area (Å²) in [4.78, 5) is 4.28. The number of epoxide rings is 1. The summed E-state index contributed by atoms with van der Waals surface area (Å²) in [6.07, 6.45) is 1.99. The largest absolute Gasteiger partial charge is 0.494 e. The average molecular weight is 209 g/mol. The summed E-state index contributed by atoms with van der Waals surface area (Å²) < 4.78 is 15.8. The molecule has 0 unspecified atom stereocenters. The number of rotatable bonds is 4. The number of hydrogen-bond acceptors (Lipinski definition) is 4. The topological polar surface area (TPSA) is 43.9 Å². The van der Waals surface area contributed by atoms with Crippen molar-refractivity contribution in [3.8, 4) is 5.75 Å². The smallest absolute Gasteiger partial charge is 0.146 e. The van der Waals surface area contributed by atoms with Crippen LogP contribution in [0.4, 0.5) is 0 Å². The van der Waals surface area contributed by atoms with Crippen molar-refractivity contribution >= 4 is 0 Å². The SMILES string of the molecule is COCc1cnc(C)c(OC)c1[C@H]1CO1. The van der Waals surface area contributed by atoms with E-state index in [9.17, 15) is 0 Å². The van der Waals surface area contributed by atoms with E-state index in [1.807, 2.05) is 13.1 Å². The lowest BCUT2D eigenvalue weighted by atomic mass is 10.1. The lowest BCUT2D eigenvalue weighted by molar-refractivity contribution is 0.182. The third kappa shape index (κ3) is 1.96. The molecule has 1 fully saturated rings. The van der Waals surface area contributed by atoms with E-state index < -0.39 is 0 Å². The molecule has 0 saturated carbocycles. The van der Waals surface area contributed by atoms with Crippen molar-refractivity contribution in [1.82, 2.24) is 4.98 Å². The molecule has 2 rings (SSSR count). The first kappa shape index (κ1) is 10.4. The van der Waals surface area contributed by atoms with Crippen LogP contribution in [0.1, 0.15) is 22.9 Å². The predicted molar refractivity (Wildman–Crippen MR) is 54.9 cm³/mol. The summed E-state index contributed by atoms with van der Waals surface area (Å²) in [6.45, 7) is 3.23. The maximum atomic E-state index is 5.37. The van der Waals surface area contributed by atoms with E-state index in [4.69, 9.17) is 14.2 Å². The van der Waals surface area contributed by atoms with Crippen LogP contribution in [-0.4, -0.2) is 25.8 Å². The van der Waals surface area contributed by atoms with Gasteiger partial charge in [0.2, 0.25) is 0 Å². The molecule has 0 N–H and O–H groups in total. The van der Waals surface area contributed by atoms with E-state index in [0.717, 1.165) is 29.2 Å². The van der Waals surface area contributed by atoms with Gasteiger partial charge in [-0.15, -0.1) is 0 Å². The molecule has 1 aromatic rings. The zero-order valence-corrected chi connectivity index (χ0v) is 9.24. The highest BCUT2D eigenvalue weighted by atomic mass is 16.6. The maximum absolute atomic E-state index is 5.37. The van der Waals surface area contributed by atoms with E-state index in [1.54, 1.807) is 14.2 Å². The van der Waals surface area contributed by atoms with Crippen LogP contribution >= 0.6 is 0 Å². The highest BCUT2D eigenvalue weighted by Gasteiger charge is 2.31. The first-order valence-electron chi connectivity index (χ1n) is 4.90. The number of aryl methyl sites for hydroxylation is 1. The van der Waals surface area contributed by atoms with Crippen molar-refractivity contribution < 1.29 is 14.2 Å². The molecule has 1 saturated heterocycles. The molecule has 0 aliphatic carbocycles. The highest BCUT2D eigenvalue weighted by Crippen LogP contribution is 2.39. The summed E-state index contributed by atoms with van der Waals surface area (Å²) in [5.41, 5.74) is 3.03. The highest BCUT2D eigenvalue weighted by molar-refractivity contribution is 5.44. The van der Waals surface area contributed by atoms with Gasteiger partial charge in [-0.05, 0) is 6.92 Å². The van der Waals surface area contributed by atoms with Gasteiger partial charge in [-0.2, -0.15) is 0 Å². The van der Waals surface area contributed by atoms with Crippen LogP contribution in [-0.2, 0) is 16.1 Å². The number of methoxy groups -OCH3 is 2. The third-order valence-electron chi connectivity index (χ3n) is 2.49. The Hall–Kier alpha value is -1.13. The molecule has 1 atom stereocenters. The van der Waals surface area contributed by atoms with Gasteiger partial charge in [0, 0.05) is 24.4 Å². The Kier molecular flexibility index (Phi) is 2.88. The standard InChI is InChI=1S/C11H15NO3/c1-7-11(14-3)10(9-6-15-9)8(4-12-7)5-13-2/h4,9H,5-6H2,1-3H3/t9-/m1/s1. The number of hydrogen-bond donors (Lipinski definition) is 0. The molecule has 0 aromatic carbocycles. The number of aromatic nitrogens is 1. The molecule has 4 heteroatoms. The molecule has 1 aromatic heterocycles. The van der Waals surface area contributed by atoms with E-state index in [1.165, 1.54) is 0 Å². The minimum Gasteiger partial charge on any atom is -0.494 e. The number of ether oxygens (including phenoxy) is 3. The molecule has 0 amide bonds. The van der Waals surface area contributed by atoms with Gasteiger partial charge in [-0.3, -0.25) is 4.98 Å². The van der Waals surface area contributed by atoms with Crippen molar-refractivity contribution in [3.63, 3.8) is 0 Å². The Morgan fingerprint density at radius 3 is 2.80 bits per heavy atom. The van der Waals surface area contributed by atoms with Crippen LogP contribution in [0.5, 0.6) is 5.75 Å². The summed E-state index contributed by atoms with van der Waals surface area (Å²) in [5.74, 6) is 0.826. The number of pyridine rings is 1. The first-order chi connectivity index (χ1) is 7.27. The molecule has 82 valence electrons. The summed E-state index contributed by atoms with van der Waals surface area (Å²) >= 11 is 0. The monoisotopic (exact) mass is 209 g/mol. The molecular formula is C11H15NO3. The molecule has 1 aliphatic rings. The minimum atomic E-state index is 0.159. The van der Waals surface area contributed by atoms with Gasteiger partial charge in [-0.1, -0.05) is 0 Å². The molecule has 0 spiro atoms. The zero-order chi connectivity index (χ0) is 10.8. The quantitative estimate of drug-likeness (QED) is 0.707. The Morgan fingerprint density at radius 2 is 2.27 bits per heavy atom. The van der Waals surface area contributed by atoms with Crippen LogP contribution in [0.2, 0.25) is 0 Å². The lowest BCUT2D eigenvalue weighted by Gasteiger charge is -2.13. The fraction of sp³-hybridized carbons (Fsp3) is 0.545. The van der Waals surface area contributed by atoms with Gasteiger partial charge in [0.25, 0.3) is 0 Å². The molecule has 2 heterocycles. The molecule has 0 bridgehead atoms. The second kappa shape index (κ2) is 4.16. The average Bonchev–Trinajstić information content (AvgIpc) is 3.04. The zero-order valence-electron chi connectivity index (χ0n) is 9.24. The number of nitrogens with zero attached hydrogens (tertiary/aromatic N) is 1. The molecule has 0 radical (unpaired) electrons. The van der Waals surface area contributed by atoms with Crippen LogP contribution in [0, 0.1) is 6.92 Å². The maximum Gasteiger partial charge on any atom is 0.146 e. The Balaban J connectivity index is 2.45. The van der Waals surface area contributed by atoms with Gasteiger partial charge in [0.1, 0.15) is 11.9 Å². The summed E-state index contributed by atoms with van der Waals surface area (Å²) in [5, 5.41) is 0. The normalized spacial score (nSPS) is 19.0. The van der Waals surface area contributed by atoms with Crippen molar-refractivity contribution in [2.75, 3.05) is 20.8 Å². The summed E-state index contributed by atoms with van der Waals surface area (Å²) in [6, 6.07) is 0. The first-order valence-corrected chi connectivity index (χ1v) is 4.90. The van der Waals surface area contributed by atoms with Crippen LogP contribution in [0.25, 0.3) is 0 Å². The van der Waals surface area contributed by atoms with Crippen LogP contribution in [0.3, 0.4) is 0 Å². The van der Waals surface area contributed by atoms with Gasteiger partial charge in [0.15, 0.2) is 0 Å². The predicted octanol–water partition coefficient (Wildman–Crippen LogP) is 1.62. The Labute approximate surface area is 89.2 Å². The van der Waals surface area contributed by atoms with E-state index in [2.05, 4.69) is 4.98 Å². The Bertz CT molecular complexity index is 361. The Morgan fingerprint density at radius 1 is 1.53 bits per heavy atom. The minimum absolute atomic E-state index is 0.159. The third-order valence-corrected chi connectivity index (χ3v) is 2.49. The summed E-state index contributed by atoms with van der Waals surface area (Å²) in [7, 11) is 3.33. The fourth-order valence-electron chi connectivity index (χ4n) is 1.74. The van der Waals surface area contributed by atoms with Crippen molar-refractivity contribution in [2.24, 2.45) is 0 Å². The molecule has 15 heavy (non-hydrogen) atoms.